The third-order valence-corrected chi connectivity index (χ3v) is 5.47. The molecule has 0 spiro atoms. The Balaban J connectivity index is 1.52. The maximum Gasteiger partial charge on any atom is 0.309 e. The van der Waals surface area contributed by atoms with Crippen molar-refractivity contribution in [3.8, 4) is 0 Å². The lowest BCUT2D eigenvalue weighted by atomic mass is 9.67. The summed E-state index contributed by atoms with van der Waals surface area (Å²) < 4.78 is 5.10. The molecule has 27 heavy (non-hydrogen) atoms. The highest BCUT2D eigenvalue weighted by Crippen LogP contribution is 2.40. The number of nitrogens with one attached hydrogen (secondary N) is 1. The van der Waals surface area contributed by atoms with E-state index in [4.69, 9.17) is 16.3 Å². The van der Waals surface area contributed by atoms with Crippen LogP contribution in [0.25, 0.3) is 0 Å². The third-order valence-electron chi connectivity index (χ3n) is 5.15. The zero-order valence-corrected chi connectivity index (χ0v) is 15.2. The fraction of sp³-hybridized carbons (Fsp3) is 0.500. The number of ether oxygens (including phenoxy) is 1. The van der Waals surface area contributed by atoms with Crippen LogP contribution >= 0.6 is 11.6 Å². The summed E-state index contributed by atoms with van der Waals surface area (Å²) in [7, 11) is 0. The fourth-order valence-electron chi connectivity index (χ4n) is 3.85. The highest BCUT2D eigenvalue weighted by molar-refractivity contribution is 6.32. The van der Waals surface area contributed by atoms with E-state index in [1.54, 1.807) is 0 Å². The summed E-state index contributed by atoms with van der Waals surface area (Å²) in [4.78, 5) is 46.5. The highest BCUT2D eigenvalue weighted by atomic mass is 35.5. The molecule has 2 aliphatic rings. The van der Waals surface area contributed by atoms with Gasteiger partial charge in [0.1, 0.15) is 10.8 Å². The lowest BCUT2D eigenvalue weighted by Crippen LogP contribution is -2.40. The average Bonchev–Trinajstić information content (AvgIpc) is 2.61. The second kappa shape index (κ2) is 8.04. The van der Waals surface area contributed by atoms with Gasteiger partial charge in [0, 0.05) is 23.6 Å². The molecule has 0 aromatic heterocycles. The van der Waals surface area contributed by atoms with E-state index in [9.17, 15) is 24.5 Å². The van der Waals surface area contributed by atoms with Crippen molar-refractivity contribution < 1.29 is 24.0 Å². The Bertz CT molecular complexity index is 780. The van der Waals surface area contributed by atoms with Crippen LogP contribution in [-0.4, -0.2) is 29.2 Å². The number of halogens is 1. The topological polar surface area (TPSA) is 116 Å². The monoisotopic (exact) mass is 394 g/mol. The Kier molecular flexibility index (Phi) is 5.74. The lowest BCUT2D eigenvalue weighted by Gasteiger charge is -2.36. The van der Waals surface area contributed by atoms with Gasteiger partial charge in [0.2, 0.25) is 0 Å². The van der Waals surface area contributed by atoms with Gasteiger partial charge in [0.15, 0.2) is 6.61 Å². The zero-order chi connectivity index (χ0) is 19.6. The summed E-state index contributed by atoms with van der Waals surface area (Å²) in [6, 6.07) is 3.86. The fourth-order valence-corrected chi connectivity index (χ4v) is 4.04. The molecule has 1 N–H and O–H groups in total. The number of carbonyl (C=O) groups is 3. The van der Waals surface area contributed by atoms with Gasteiger partial charge in [0.05, 0.1) is 10.8 Å². The second-order valence-electron chi connectivity index (χ2n) is 6.97. The van der Waals surface area contributed by atoms with E-state index in [0.29, 0.717) is 12.8 Å². The summed E-state index contributed by atoms with van der Waals surface area (Å²) >= 11 is 5.72. The number of nitro benzene ring substituents is 1. The van der Waals surface area contributed by atoms with Crippen LogP contribution in [0.4, 0.5) is 11.4 Å². The number of ketones is 1. The van der Waals surface area contributed by atoms with E-state index in [-0.39, 0.29) is 39.9 Å². The maximum atomic E-state index is 12.3. The largest absolute Gasteiger partial charge is 0.455 e. The second-order valence-corrected chi connectivity index (χ2v) is 7.38. The molecule has 0 unspecified atom stereocenters. The molecule has 1 amide bonds. The summed E-state index contributed by atoms with van der Waals surface area (Å²) in [5.41, 5.74) is -0.144. The molecule has 1 aromatic carbocycles. The van der Waals surface area contributed by atoms with Crippen molar-refractivity contribution in [2.75, 3.05) is 11.9 Å². The minimum Gasteiger partial charge on any atom is -0.455 e. The first kappa shape index (κ1) is 19.3. The number of benzene rings is 1. The molecule has 8 nitrogen and oxygen atoms in total. The van der Waals surface area contributed by atoms with Crippen LogP contribution in [0.1, 0.15) is 32.1 Å². The summed E-state index contributed by atoms with van der Waals surface area (Å²) in [6.45, 7) is -0.491. The van der Waals surface area contributed by atoms with Gasteiger partial charge < -0.3 is 10.1 Å². The molecular formula is C18H19ClN2O6. The normalized spacial score (nSPS) is 24.2. The highest BCUT2D eigenvalue weighted by Gasteiger charge is 2.41. The van der Waals surface area contributed by atoms with Crippen molar-refractivity contribution in [3.05, 3.63) is 33.3 Å². The molecule has 9 heteroatoms. The predicted molar refractivity (Wildman–Crippen MR) is 96.3 cm³/mol. The van der Waals surface area contributed by atoms with Crippen LogP contribution in [0.3, 0.4) is 0 Å². The van der Waals surface area contributed by atoms with Gasteiger partial charge in [-0.2, -0.15) is 0 Å². The van der Waals surface area contributed by atoms with Gasteiger partial charge in [-0.05, 0) is 37.8 Å². The van der Waals surface area contributed by atoms with E-state index < -0.39 is 23.4 Å². The van der Waals surface area contributed by atoms with E-state index in [1.807, 2.05) is 0 Å². The molecular weight excluding hydrogens is 376 g/mol. The smallest absolute Gasteiger partial charge is 0.309 e. The molecule has 0 radical (unpaired) electrons. The first-order chi connectivity index (χ1) is 12.8. The molecule has 0 heterocycles. The number of carbonyl (C=O) groups excluding carboxylic acids is 3. The maximum absolute atomic E-state index is 12.3. The number of esters is 1. The Hall–Kier alpha value is -2.48. The van der Waals surface area contributed by atoms with Crippen molar-refractivity contribution in [1.29, 1.82) is 0 Å². The van der Waals surface area contributed by atoms with Crippen LogP contribution in [0.2, 0.25) is 5.02 Å². The molecule has 2 fully saturated rings. The first-order valence-electron chi connectivity index (χ1n) is 8.79. The van der Waals surface area contributed by atoms with Gasteiger partial charge >= 0.3 is 5.97 Å². The van der Waals surface area contributed by atoms with E-state index >= 15 is 0 Å². The van der Waals surface area contributed by atoms with Gasteiger partial charge in [-0.1, -0.05) is 18.0 Å². The number of fused-ring (bicyclic) bond motifs is 2. The third kappa shape index (κ3) is 4.44. The number of anilines is 1. The predicted octanol–water partition coefficient (Wildman–Crippen LogP) is 3.13. The van der Waals surface area contributed by atoms with Crippen molar-refractivity contribution in [2.24, 2.45) is 17.8 Å². The SMILES string of the molecule is O=C(COC(=O)C1C[C@H]2CCC[C@H](C1)C2=O)Nc1ccc(Cl)c([N+](=O)[O-])c1. The van der Waals surface area contributed by atoms with Crippen molar-refractivity contribution in [3.63, 3.8) is 0 Å². The standard InChI is InChI=1S/C18H19ClN2O6/c19-14-5-4-13(8-15(14)21(25)26)20-16(22)9-27-18(24)12-6-10-2-1-3-11(7-12)17(10)23/h4-5,8,10-12H,1-3,6-7,9H2,(H,20,22)/t10-,11-/m1/s1. The van der Waals surface area contributed by atoms with Crippen molar-refractivity contribution >= 4 is 40.6 Å². The Morgan fingerprint density at radius 3 is 2.56 bits per heavy atom. The van der Waals surface area contributed by atoms with Crippen LogP contribution in [-0.2, 0) is 19.1 Å². The van der Waals surface area contributed by atoms with E-state index in [0.717, 1.165) is 25.3 Å². The minimum absolute atomic E-state index is 0.0400. The molecule has 1 aromatic rings. The van der Waals surface area contributed by atoms with Crippen LogP contribution < -0.4 is 5.32 Å². The molecule has 0 aliphatic heterocycles. The van der Waals surface area contributed by atoms with Gasteiger partial charge in [-0.3, -0.25) is 24.5 Å². The quantitative estimate of drug-likeness (QED) is 0.466. The Morgan fingerprint density at radius 2 is 1.93 bits per heavy atom. The van der Waals surface area contributed by atoms with Crippen molar-refractivity contribution in [2.45, 2.75) is 32.1 Å². The van der Waals surface area contributed by atoms with Gasteiger partial charge in [0.25, 0.3) is 11.6 Å². The minimum atomic E-state index is -0.654. The van der Waals surface area contributed by atoms with Gasteiger partial charge in [-0.25, -0.2) is 0 Å². The van der Waals surface area contributed by atoms with Crippen molar-refractivity contribution in [1.82, 2.24) is 0 Å². The number of rotatable bonds is 5. The van der Waals surface area contributed by atoms with Crippen LogP contribution in [0, 0.1) is 27.9 Å². The van der Waals surface area contributed by atoms with Crippen LogP contribution in [0.15, 0.2) is 18.2 Å². The average molecular weight is 395 g/mol. The number of nitro groups is 1. The van der Waals surface area contributed by atoms with Crippen LogP contribution in [0.5, 0.6) is 0 Å². The molecule has 2 bridgehead atoms. The van der Waals surface area contributed by atoms with E-state index in [2.05, 4.69) is 5.32 Å². The molecule has 3 rings (SSSR count). The summed E-state index contributed by atoms with van der Waals surface area (Å²) in [5, 5.41) is 13.3. The lowest BCUT2D eigenvalue weighted by molar-refractivity contribution is -0.384. The number of amides is 1. The molecule has 2 aliphatic carbocycles. The number of hydrogen-bond donors (Lipinski definition) is 1. The van der Waals surface area contributed by atoms with Gasteiger partial charge in [-0.15, -0.1) is 0 Å². The molecule has 0 saturated heterocycles. The molecule has 2 saturated carbocycles. The van der Waals surface area contributed by atoms with E-state index in [1.165, 1.54) is 12.1 Å². The number of hydrogen-bond acceptors (Lipinski definition) is 6. The number of Topliss-reactive ketones (excluding diaryl/α,β-unsaturated/α-hetero) is 1. The first-order valence-corrected chi connectivity index (χ1v) is 9.17. The number of nitrogens with zero attached hydrogens (tertiary/aromatic N) is 1. The summed E-state index contributed by atoms with van der Waals surface area (Å²) in [6.07, 6.45) is 3.61. The zero-order valence-electron chi connectivity index (χ0n) is 14.5. The molecule has 144 valence electrons. The summed E-state index contributed by atoms with van der Waals surface area (Å²) in [5.74, 6) is -1.32. The molecule has 2 atom stereocenters. The Labute approximate surface area is 160 Å². The Morgan fingerprint density at radius 1 is 1.26 bits per heavy atom.